The van der Waals surface area contributed by atoms with Crippen molar-refractivity contribution < 1.29 is 8.42 Å². The van der Waals surface area contributed by atoms with Crippen LogP contribution in [0.1, 0.15) is 5.56 Å². The molecule has 0 aliphatic rings. The molecule has 2 aromatic rings. The Labute approximate surface area is 99.6 Å². The van der Waals surface area contributed by atoms with E-state index in [2.05, 4.69) is 14.7 Å². The fraction of sp³-hybridized carbons (Fsp3) is 0.0909. The lowest BCUT2D eigenvalue weighted by atomic mass is 10.3. The number of aromatic nitrogens is 2. The van der Waals surface area contributed by atoms with Crippen molar-refractivity contribution in [2.45, 2.75) is 11.8 Å². The first-order valence-electron chi connectivity index (χ1n) is 4.93. The number of nitrogens with zero attached hydrogens (tertiary/aromatic N) is 2. The number of nitrogens with one attached hydrogen (secondary N) is 1. The van der Waals surface area contributed by atoms with Gasteiger partial charge < -0.3 is 0 Å². The van der Waals surface area contributed by atoms with Gasteiger partial charge in [-0.15, -0.1) is 0 Å². The normalized spacial score (nSPS) is 11.1. The molecule has 5 nitrogen and oxygen atoms in total. The maximum Gasteiger partial charge on any atom is 0.263 e. The van der Waals surface area contributed by atoms with Gasteiger partial charge in [0, 0.05) is 18.6 Å². The molecule has 0 saturated heterocycles. The van der Waals surface area contributed by atoms with Crippen LogP contribution in [0.4, 0.5) is 5.69 Å². The summed E-state index contributed by atoms with van der Waals surface area (Å²) in [7, 11) is -3.59. The molecule has 0 bridgehead atoms. The summed E-state index contributed by atoms with van der Waals surface area (Å²) >= 11 is 0. The summed E-state index contributed by atoms with van der Waals surface area (Å²) < 4.78 is 26.4. The molecule has 0 fully saturated rings. The highest BCUT2D eigenvalue weighted by Gasteiger charge is 2.14. The van der Waals surface area contributed by atoms with Crippen molar-refractivity contribution in [2.75, 3.05) is 4.72 Å². The predicted molar refractivity (Wildman–Crippen MR) is 64.0 cm³/mol. The van der Waals surface area contributed by atoms with Crippen molar-refractivity contribution in [3.05, 3.63) is 48.5 Å². The molecule has 0 aromatic carbocycles. The quantitative estimate of drug-likeness (QED) is 0.896. The van der Waals surface area contributed by atoms with E-state index in [0.717, 1.165) is 5.56 Å². The number of sulfonamides is 1. The molecule has 0 radical (unpaired) electrons. The Bertz CT molecular complexity index is 612. The van der Waals surface area contributed by atoms with Gasteiger partial charge in [-0.1, -0.05) is 0 Å². The van der Waals surface area contributed by atoms with E-state index in [9.17, 15) is 8.42 Å². The number of aryl methyl sites for hydroxylation is 1. The summed E-state index contributed by atoms with van der Waals surface area (Å²) in [4.78, 5) is 7.79. The summed E-state index contributed by atoms with van der Waals surface area (Å²) in [6.45, 7) is 1.81. The van der Waals surface area contributed by atoms with Crippen LogP contribution >= 0.6 is 0 Å². The monoisotopic (exact) mass is 249 g/mol. The summed E-state index contributed by atoms with van der Waals surface area (Å²) in [5, 5.41) is 0. The van der Waals surface area contributed by atoms with E-state index in [1.165, 1.54) is 24.7 Å². The second-order valence-corrected chi connectivity index (χ2v) is 5.17. The Morgan fingerprint density at radius 3 is 2.53 bits per heavy atom. The molecule has 2 aromatic heterocycles. The third-order valence-electron chi connectivity index (χ3n) is 2.23. The van der Waals surface area contributed by atoms with Crippen LogP contribution < -0.4 is 4.72 Å². The molecule has 0 spiro atoms. The number of pyridine rings is 2. The summed E-state index contributed by atoms with van der Waals surface area (Å²) in [6, 6.07) is 4.80. The zero-order chi connectivity index (χ0) is 12.3. The smallest absolute Gasteiger partial charge is 0.263 e. The van der Waals surface area contributed by atoms with Crippen LogP contribution in [0.15, 0.2) is 47.9 Å². The lowest BCUT2D eigenvalue weighted by Crippen LogP contribution is -2.14. The van der Waals surface area contributed by atoms with Crippen molar-refractivity contribution in [2.24, 2.45) is 0 Å². The lowest BCUT2D eigenvalue weighted by molar-refractivity contribution is 0.600. The Kier molecular flexibility index (Phi) is 3.06. The molecule has 6 heteroatoms. The van der Waals surface area contributed by atoms with E-state index in [4.69, 9.17) is 0 Å². The van der Waals surface area contributed by atoms with Gasteiger partial charge in [-0.3, -0.25) is 14.7 Å². The Morgan fingerprint density at radius 2 is 1.88 bits per heavy atom. The van der Waals surface area contributed by atoms with Crippen LogP contribution in [0.5, 0.6) is 0 Å². The Balaban J connectivity index is 2.34. The van der Waals surface area contributed by atoms with E-state index in [1.807, 2.05) is 6.92 Å². The van der Waals surface area contributed by atoms with Crippen LogP contribution in [0.25, 0.3) is 0 Å². The highest BCUT2D eigenvalue weighted by molar-refractivity contribution is 7.92. The topological polar surface area (TPSA) is 72.0 Å². The molecular formula is C11H11N3O2S. The van der Waals surface area contributed by atoms with E-state index >= 15 is 0 Å². The van der Waals surface area contributed by atoms with Crippen molar-refractivity contribution in [3.63, 3.8) is 0 Å². The standard InChI is InChI=1S/C11H11N3O2S/c1-9-4-6-13-8-11(9)14-17(15,16)10-3-2-5-12-7-10/h2-8,14H,1H3. The van der Waals surface area contributed by atoms with E-state index in [0.29, 0.717) is 5.69 Å². The van der Waals surface area contributed by atoms with Gasteiger partial charge in [0.1, 0.15) is 4.90 Å². The lowest BCUT2D eigenvalue weighted by Gasteiger charge is -2.09. The molecule has 0 atom stereocenters. The first-order chi connectivity index (χ1) is 8.09. The van der Waals surface area contributed by atoms with Crippen molar-refractivity contribution in [1.82, 2.24) is 9.97 Å². The molecule has 17 heavy (non-hydrogen) atoms. The Morgan fingerprint density at radius 1 is 1.12 bits per heavy atom. The SMILES string of the molecule is Cc1ccncc1NS(=O)(=O)c1cccnc1. The van der Waals surface area contributed by atoms with Gasteiger partial charge in [-0.25, -0.2) is 8.42 Å². The average Bonchev–Trinajstić information content (AvgIpc) is 2.33. The van der Waals surface area contributed by atoms with Gasteiger partial charge in [0.2, 0.25) is 0 Å². The van der Waals surface area contributed by atoms with Gasteiger partial charge in [0.25, 0.3) is 10.0 Å². The summed E-state index contributed by atoms with van der Waals surface area (Å²) in [5.74, 6) is 0. The van der Waals surface area contributed by atoms with E-state index in [-0.39, 0.29) is 4.90 Å². The molecule has 2 heterocycles. The third kappa shape index (κ3) is 2.59. The van der Waals surface area contributed by atoms with Crippen LogP contribution in [-0.2, 0) is 10.0 Å². The number of rotatable bonds is 3. The van der Waals surface area contributed by atoms with Crippen molar-refractivity contribution >= 4 is 15.7 Å². The number of hydrogen-bond acceptors (Lipinski definition) is 4. The molecule has 0 unspecified atom stereocenters. The number of hydrogen-bond donors (Lipinski definition) is 1. The zero-order valence-corrected chi connectivity index (χ0v) is 9.98. The molecule has 0 saturated carbocycles. The maximum atomic E-state index is 12.0. The first-order valence-corrected chi connectivity index (χ1v) is 6.41. The van der Waals surface area contributed by atoms with Gasteiger partial charge in [0.15, 0.2) is 0 Å². The molecule has 0 aliphatic carbocycles. The largest absolute Gasteiger partial charge is 0.278 e. The van der Waals surface area contributed by atoms with Crippen LogP contribution in [0.3, 0.4) is 0 Å². The maximum absolute atomic E-state index is 12.0. The fourth-order valence-corrected chi connectivity index (χ4v) is 2.36. The van der Waals surface area contributed by atoms with Crippen LogP contribution in [0.2, 0.25) is 0 Å². The average molecular weight is 249 g/mol. The molecule has 1 N–H and O–H groups in total. The van der Waals surface area contributed by atoms with Gasteiger partial charge in [0.05, 0.1) is 11.9 Å². The van der Waals surface area contributed by atoms with Gasteiger partial charge in [-0.2, -0.15) is 0 Å². The van der Waals surface area contributed by atoms with Gasteiger partial charge in [-0.05, 0) is 30.7 Å². The fourth-order valence-electron chi connectivity index (χ4n) is 1.28. The van der Waals surface area contributed by atoms with Gasteiger partial charge >= 0.3 is 0 Å². The van der Waals surface area contributed by atoms with E-state index in [1.54, 1.807) is 18.3 Å². The minimum Gasteiger partial charge on any atom is -0.278 e. The predicted octanol–water partition coefficient (Wildman–Crippen LogP) is 1.59. The zero-order valence-electron chi connectivity index (χ0n) is 9.16. The molecule has 0 aliphatic heterocycles. The molecular weight excluding hydrogens is 238 g/mol. The highest BCUT2D eigenvalue weighted by atomic mass is 32.2. The third-order valence-corrected chi connectivity index (χ3v) is 3.58. The molecule has 2 rings (SSSR count). The van der Waals surface area contributed by atoms with Crippen LogP contribution in [0, 0.1) is 6.92 Å². The molecule has 88 valence electrons. The minimum absolute atomic E-state index is 0.128. The minimum atomic E-state index is -3.59. The summed E-state index contributed by atoms with van der Waals surface area (Å²) in [6.07, 6.45) is 5.91. The summed E-state index contributed by atoms with van der Waals surface area (Å²) in [5.41, 5.74) is 1.28. The van der Waals surface area contributed by atoms with E-state index < -0.39 is 10.0 Å². The Hall–Kier alpha value is -1.95. The van der Waals surface area contributed by atoms with Crippen LogP contribution in [-0.4, -0.2) is 18.4 Å². The molecule has 0 amide bonds. The van der Waals surface area contributed by atoms with Crippen molar-refractivity contribution in [1.29, 1.82) is 0 Å². The highest BCUT2D eigenvalue weighted by Crippen LogP contribution is 2.17. The first kappa shape index (κ1) is 11.5. The van der Waals surface area contributed by atoms with Crippen molar-refractivity contribution in [3.8, 4) is 0 Å². The number of anilines is 1. The second kappa shape index (κ2) is 4.50. The second-order valence-electron chi connectivity index (χ2n) is 3.48.